The Morgan fingerprint density at radius 2 is 2.20 bits per heavy atom. The summed E-state index contributed by atoms with van der Waals surface area (Å²) in [5, 5.41) is 8.48. The predicted octanol–water partition coefficient (Wildman–Crippen LogP) is 2.40. The molecule has 15 heavy (non-hydrogen) atoms. The Hall–Kier alpha value is -0.620. The SMILES string of the molecule is CC(C)(C)c1nsc(SCCC(=O)O)n1. The summed E-state index contributed by atoms with van der Waals surface area (Å²) >= 11 is 2.79. The highest BCUT2D eigenvalue weighted by molar-refractivity contribution is 8.00. The van der Waals surface area contributed by atoms with Gasteiger partial charge < -0.3 is 5.11 Å². The molecule has 1 aromatic heterocycles. The lowest BCUT2D eigenvalue weighted by atomic mass is 9.96. The van der Waals surface area contributed by atoms with E-state index in [-0.39, 0.29) is 11.8 Å². The zero-order valence-corrected chi connectivity index (χ0v) is 10.6. The first-order valence-electron chi connectivity index (χ1n) is 4.58. The van der Waals surface area contributed by atoms with E-state index in [1.165, 1.54) is 23.3 Å². The molecule has 0 saturated heterocycles. The van der Waals surface area contributed by atoms with E-state index in [1.54, 1.807) is 0 Å². The number of hydrogen-bond acceptors (Lipinski definition) is 5. The molecule has 0 atom stereocenters. The highest BCUT2D eigenvalue weighted by atomic mass is 32.2. The van der Waals surface area contributed by atoms with Gasteiger partial charge in [0.25, 0.3) is 0 Å². The van der Waals surface area contributed by atoms with E-state index in [9.17, 15) is 4.79 Å². The van der Waals surface area contributed by atoms with E-state index < -0.39 is 5.97 Å². The van der Waals surface area contributed by atoms with Crippen molar-refractivity contribution in [1.82, 2.24) is 9.36 Å². The van der Waals surface area contributed by atoms with Gasteiger partial charge in [0, 0.05) is 11.2 Å². The molecule has 1 heterocycles. The lowest BCUT2D eigenvalue weighted by Gasteiger charge is -2.11. The Morgan fingerprint density at radius 3 is 2.67 bits per heavy atom. The normalized spacial score (nSPS) is 11.7. The summed E-state index contributed by atoms with van der Waals surface area (Å²) in [6.45, 7) is 6.17. The number of carboxylic acid groups (broad SMARTS) is 1. The van der Waals surface area contributed by atoms with Crippen molar-refractivity contribution >= 4 is 29.3 Å². The van der Waals surface area contributed by atoms with Crippen LogP contribution in [0.1, 0.15) is 33.0 Å². The summed E-state index contributed by atoms with van der Waals surface area (Å²) in [4.78, 5) is 14.7. The van der Waals surface area contributed by atoms with E-state index in [0.29, 0.717) is 5.75 Å². The smallest absolute Gasteiger partial charge is 0.304 e. The van der Waals surface area contributed by atoms with Gasteiger partial charge in [-0.25, -0.2) is 4.98 Å². The average Bonchev–Trinajstić information content (AvgIpc) is 2.51. The Bertz CT molecular complexity index is 344. The van der Waals surface area contributed by atoms with Crippen molar-refractivity contribution < 1.29 is 9.90 Å². The molecule has 0 spiro atoms. The van der Waals surface area contributed by atoms with Crippen molar-refractivity contribution in [3.63, 3.8) is 0 Å². The van der Waals surface area contributed by atoms with Gasteiger partial charge in [-0.05, 0) is 11.5 Å². The molecule has 0 amide bonds. The highest BCUT2D eigenvalue weighted by Crippen LogP contribution is 2.26. The van der Waals surface area contributed by atoms with Crippen LogP contribution in [0.5, 0.6) is 0 Å². The molecule has 0 fully saturated rings. The Morgan fingerprint density at radius 1 is 1.53 bits per heavy atom. The van der Waals surface area contributed by atoms with Crippen LogP contribution in [0.25, 0.3) is 0 Å². The molecule has 0 aliphatic heterocycles. The third-order valence-corrected chi connectivity index (χ3v) is 3.46. The number of rotatable bonds is 4. The number of carbonyl (C=O) groups is 1. The largest absolute Gasteiger partial charge is 0.481 e. The van der Waals surface area contributed by atoms with E-state index in [1.807, 2.05) is 0 Å². The molecule has 4 nitrogen and oxygen atoms in total. The number of aliphatic carboxylic acids is 1. The van der Waals surface area contributed by atoms with Crippen LogP contribution in [0.2, 0.25) is 0 Å². The van der Waals surface area contributed by atoms with E-state index in [0.717, 1.165) is 10.2 Å². The number of aromatic nitrogens is 2. The maximum atomic E-state index is 10.3. The lowest BCUT2D eigenvalue weighted by Crippen LogP contribution is -2.12. The Balaban J connectivity index is 2.50. The molecule has 0 aliphatic rings. The molecule has 0 aromatic carbocycles. The first-order chi connectivity index (χ1) is 6.89. The summed E-state index contributed by atoms with van der Waals surface area (Å²) in [7, 11) is 0. The first kappa shape index (κ1) is 12.4. The van der Waals surface area contributed by atoms with Gasteiger partial charge in [-0.1, -0.05) is 32.5 Å². The van der Waals surface area contributed by atoms with Crippen molar-refractivity contribution in [2.24, 2.45) is 0 Å². The Labute approximate surface area is 97.3 Å². The third kappa shape index (κ3) is 4.17. The molecule has 1 N–H and O–H groups in total. The molecule has 1 aromatic rings. The van der Waals surface area contributed by atoms with Gasteiger partial charge in [0.1, 0.15) is 5.82 Å². The second-order valence-corrected chi connectivity index (χ2v) is 6.22. The molecular formula is C9H14N2O2S2. The van der Waals surface area contributed by atoms with Crippen molar-refractivity contribution in [2.45, 2.75) is 36.9 Å². The third-order valence-electron chi connectivity index (χ3n) is 1.62. The van der Waals surface area contributed by atoms with Crippen LogP contribution in [0.15, 0.2) is 4.34 Å². The number of nitrogens with zero attached hydrogens (tertiary/aromatic N) is 2. The number of thioether (sulfide) groups is 1. The zero-order chi connectivity index (χ0) is 11.5. The van der Waals surface area contributed by atoms with Crippen molar-refractivity contribution in [1.29, 1.82) is 0 Å². The van der Waals surface area contributed by atoms with Crippen LogP contribution in [0.4, 0.5) is 0 Å². The van der Waals surface area contributed by atoms with E-state index in [2.05, 4.69) is 30.1 Å². The van der Waals surface area contributed by atoms with Crippen LogP contribution in [-0.4, -0.2) is 26.2 Å². The molecule has 0 unspecified atom stereocenters. The Kier molecular flexibility index (Phi) is 4.10. The second kappa shape index (κ2) is 4.94. The molecule has 0 aliphatic carbocycles. The van der Waals surface area contributed by atoms with E-state index in [4.69, 9.17) is 5.11 Å². The number of hydrogen-bond donors (Lipinski definition) is 1. The van der Waals surface area contributed by atoms with Gasteiger partial charge in [0.05, 0.1) is 6.42 Å². The molecule has 0 saturated carbocycles. The lowest BCUT2D eigenvalue weighted by molar-refractivity contribution is -0.136. The van der Waals surface area contributed by atoms with Crippen molar-refractivity contribution in [3.8, 4) is 0 Å². The molecular weight excluding hydrogens is 232 g/mol. The summed E-state index contributed by atoms with van der Waals surface area (Å²) in [5.74, 6) is 0.599. The van der Waals surface area contributed by atoms with Crippen LogP contribution >= 0.6 is 23.3 Å². The fourth-order valence-electron chi connectivity index (χ4n) is 0.798. The van der Waals surface area contributed by atoms with Gasteiger partial charge in [-0.2, -0.15) is 4.37 Å². The topological polar surface area (TPSA) is 63.1 Å². The highest BCUT2D eigenvalue weighted by Gasteiger charge is 2.19. The maximum absolute atomic E-state index is 10.3. The maximum Gasteiger partial charge on any atom is 0.304 e. The van der Waals surface area contributed by atoms with E-state index >= 15 is 0 Å². The monoisotopic (exact) mass is 246 g/mol. The minimum atomic E-state index is -0.775. The summed E-state index contributed by atoms with van der Waals surface area (Å²) in [6.07, 6.45) is 0.162. The summed E-state index contributed by atoms with van der Waals surface area (Å²) < 4.78 is 5.10. The van der Waals surface area contributed by atoms with Gasteiger partial charge in [0.2, 0.25) is 0 Å². The zero-order valence-electron chi connectivity index (χ0n) is 8.98. The van der Waals surface area contributed by atoms with Crippen LogP contribution in [0, 0.1) is 0 Å². The van der Waals surface area contributed by atoms with Gasteiger partial charge in [-0.15, -0.1) is 0 Å². The summed E-state index contributed by atoms with van der Waals surface area (Å²) in [5.41, 5.74) is -0.0396. The average molecular weight is 246 g/mol. The minimum absolute atomic E-state index is 0.0396. The van der Waals surface area contributed by atoms with Crippen LogP contribution < -0.4 is 0 Å². The van der Waals surface area contributed by atoms with Gasteiger partial charge >= 0.3 is 5.97 Å². The second-order valence-electron chi connectivity index (χ2n) is 4.13. The molecule has 0 bridgehead atoms. The first-order valence-corrected chi connectivity index (χ1v) is 6.34. The number of carboxylic acids is 1. The summed E-state index contributed by atoms with van der Waals surface area (Å²) in [6, 6.07) is 0. The van der Waals surface area contributed by atoms with Crippen molar-refractivity contribution in [2.75, 3.05) is 5.75 Å². The quantitative estimate of drug-likeness (QED) is 0.826. The molecule has 0 radical (unpaired) electrons. The minimum Gasteiger partial charge on any atom is -0.481 e. The fraction of sp³-hybridized carbons (Fsp3) is 0.667. The molecule has 1 rings (SSSR count). The van der Waals surface area contributed by atoms with Gasteiger partial charge in [0.15, 0.2) is 4.34 Å². The molecule has 84 valence electrons. The predicted molar refractivity (Wildman–Crippen MR) is 61.6 cm³/mol. The standard InChI is InChI=1S/C9H14N2O2S2/c1-9(2,3)7-10-8(15-11-7)14-5-4-6(12)13/h4-5H2,1-3H3,(H,12,13). The van der Waals surface area contributed by atoms with Crippen molar-refractivity contribution in [3.05, 3.63) is 5.82 Å². The van der Waals surface area contributed by atoms with Crippen LogP contribution in [-0.2, 0) is 10.2 Å². The molecule has 6 heteroatoms. The fourth-order valence-corrected chi connectivity index (χ4v) is 2.58. The van der Waals surface area contributed by atoms with Crippen LogP contribution in [0.3, 0.4) is 0 Å². The van der Waals surface area contributed by atoms with Gasteiger partial charge in [-0.3, -0.25) is 4.79 Å².